The molecule has 10 nitrogen and oxygen atoms in total. The van der Waals surface area contributed by atoms with E-state index in [1.54, 1.807) is 18.2 Å². The van der Waals surface area contributed by atoms with Crippen molar-refractivity contribution in [2.75, 3.05) is 12.0 Å². The number of thiazole rings is 1. The molecule has 186 valence electrons. The Morgan fingerprint density at radius 3 is 2.51 bits per heavy atom. The van der Waals surface area contributed by atoms with Gasteiger partial charge in [0.15, 0.2) is 10.9 Å². The Morgan fingerprint density at radius 1 is 1.16 bits per heavy atom. The number of aliphatic hydroxyl groups excluding tert-OH is 1. The Balaban J connectivity index is 1.71. The highest BCUT2D eigenvalue weighted by Gasteiger charge is 2.49. The summed E-state index contributed by atoms with van der Waals surface area (Å²) >= 11 is 13.5. The van der Waals surface area contributed by atoms with Gasteiger partial charge in [0.2, 0.25) is 0 Å². The molecule has 2 aromatic heterocycles. The topological polar surface area (TPSA) is 136 Å². The number of aliphatic hydroxyl groups is 1. The number of benzene rings is 2. The summed E-state index contributed by atoms with van der Waals surface area (Å²) in [5, 5.41) is 22.7. The molecular weight excluding hydrogens is 543 g/mol. The second kappa shape index (κ2) is 9.43. The van der Waals surface area contributed by atoms with Crippen LogP contribution < -0.4 is 9.64 Å². The van der Waals surface area contributed by atoms with Crippen molar-refractivity contribution in [3.63, 3.8) is 0 Å². The minimum atomic E-state index is -1.14. The molecule has 1 saturated heterocycles. The fraction of sp³-hybridized carbons (Fsp3) is 0.0833. The third kappa shape index (κ3) is 4.16. The standard InChI is InChI=1S/C24H14Cl2N4O6S/c1-36-22-13(25)8-11(9-14(22)26)20(31)18-19(16-4-2-3-7-27-16)29(23(33)21(18)32)24-28-15-6-5-12(30(34)35)10-17(15)37-24/h2-10,19,31H,1H3/b20-18+. The number of nitro groups is 1. The SMILES string of the molecule is COc1c(Cl)cc(/C(O)=C2\C(=O)C(=O)N(c3nc4ccc([N+](=O)[O-])cc4s3)C2c2ccccn2)cc1Cl. The van der Waals surface area contributed by atoms with Crippen molar-refractivity contribution in [3.8, 4) is 5.75 Å². The van der Waals surface area contributed by atoms with Crippen LogP contribution in [0, 0.1) is 10.1 Å². The molecule has 37 heavy (non-hydrogen) atoms. The van der Waals surface area contributed by atoms with E-state index in [-0.39, 0.29) is 37.8 Å². The van der Waals surface area contributed by atoms with Crippen molar-refractivity contribution in [2.45, 2.75) is 6.04 Å². The lowest BCUT2D eigenvalue weighted by molar-refractivity contribution is -0.384. The number of aromatic nitrogens is 2. The predicted octanol–water partition coefficient (Wildman–Crippen LogP) is 5.54. The minimum Gasteiger partial charge on any atom is -0.507 e. The number of pyridine rings is 1. The van der Waals surface area contributed by atoms with Crippen LogP contribution >= 0.6 is 34.5 Å². The Labute approximate surface area is 222 Å². The van der Waals surface area contributed by atoms with Crippen molar-refractivity contribution in [2.24, 2.45) is 0 Å². The molecule has 0 aliphatic carbocycles. The van der Waals surface area contributed by atoms with E-state index in [1.165, 1.54) is 43.6 Å². The summed E-state index contributed by atoms with van der Waals surface area (Å²) in [6.45, 7) is 0. The summed E-state index contributed by atoms with van der Waals surface area (Å²) in [6, 6.07) is 10.6. The first-order chi connectivity index (χ1) is 17.7. The van der Waals surface area contributed by atoms with Gasteiger partial charge in [0, 0.05) is 23.9 Å². The van der Waals surface area contributed by atoms with Crippen LogP contribution in [0.3, 0.4) is 0 Å². The largest absolute Gasteiger partial charge is 0.507 e. The van der Waals surface area contributed by atoms with Gasteiger partial charge in [-0.25, -0.2) is 4.98 Å². The number of halogens is 2. The molecule has 2 aromatic carbocycles. The summed E-state index contributed by atoms with van der Waals surface area (Å²) in [6.07, 6.45) is 1.48. The smallest absolute Gasteiger partial charge is 0.301 e. The van der Waals surface area contributed by atoms with E-state index in [0.29, 0.717) is 15.9 Å². The lowest BCUT2D eigenvalue weighted by atomic mass is 9.98. The zero-order valence-electron chi connectivity index (χ0n) is 18.7. The molecule has 1 N–H and O–H groups in total. The van der Waals surface area contributed by atoms with Crippen LogP contribution in [0.25, 0.3) is 16.0 Å². The average Bonchev–Trinajstić information content (AvgIpc) is 3.41. The van der Waals surface area contributed by atoms with E-state index in [9.17, 15) is 24.8 Å². The number of nitro benzene ring substituents is 1. The Bertz CT molecular complexity index is 1620. The number of non-ortho nitro benzene ring substituents is 1. The van der Waals surface area contributed by atoms with Gasteiger partial charge in [-0.15, -0.1) is 0 Å². The van der Waals surface area contributed by atoms with E-state index in [1.807, 2.05) is 0 Å². The van der Waals surface area contributed by atoms with E-state index >= 15 is 0 Å². The summed E-state index contributed by atoms with van der Waals surface area (Å²) in [7, 11) is 1.38. The van der Waals surface area contributed by atoms with E-state index in [0.717, 1.165) is 16.2 Å². The first-order valence-electron chi connectivity index (χ1n) is 10.5. The Hall–Kier alpha value is -4.06. The molecule has 5 rings (SSSR count). The highest BCUT2D eigenvalue weighted by molar-refractivity contribution is 7.22. The summed E-state index contributed by atoms with van der Waals surface area (Å²) in [5.74, 6) is -2.25. The van der Waals surface area contributed by atoms with Crippen LogP contribution in [0.4, 0.5) is 10.8 Å². The zero-order valence-corrected chi connectivity index (χ0v) is 21.0. The molecule has 1 unspecified atom stereocenters. The van der Waals surface area contributed by atoms with Gasteiger partial charge in [-0.05, 0) is 30.3 Å². The average molecular weight is 557 g/mol. The minimum absolute atomic E-state index is 0.0907. The predicted molar refractivity (Wildman–Crippen MR) is 138 cm³/mol. The van der Waals surface area contributed by atoms with Crippen molar-refractivity contribution in [3.05, 3.63) is 91.7 Å². The van der Waals surface area contributed by atoms with Crippen LogP contribution in [-0.2, 0) is 9.59 Å². The molecule has 3 heterocycles. The molecule has 1 fully saturated rings. The van der Waals surface area contributed by atoms with Gasteiger partial charge >= 0.3 is 5.91 Å². The molecule has 0 bridgehead atoms. The summed E-state index contributed by atoms with van der Waals surface area (Å²) in [5.41, 5.74) is 0.403. The number of hydrogen-bond acceptors (Lipinski definition) is 9. The van der Waals surface area contributed by atoms with Crippen LogP contribution in [0.15, 0.2) is 60.3 Å². The highest BCUT2D eigenvalue weighted by Crippen LogP contribution is 2.45. The number of carbonyl (C=O) groups is 2. The number of carbonyl (C=O) groups excluding carboxylic acids is 2. The highest BCUT2D eigenvalue weighted by atomic mass is 35.5. The maximum absolute atomic E-state index is 13.3. The number of methoxy groups -OCH3 is 1. The molecule has 0 radical (unpaired) electrons. The van der Waals surface area contributed by atoms with Gasteiger partial charge in [-0.3, -0.25) is 29.6 Å². The number of rotatable bonds is 5. The number of ketones is 1. The van der Waals surface area contributed by atoms with Gasteiger partial charge in [-0.2, -0.15) is 0 Å². The van der Waals surface area contributed by atoms with Gasteiger partial charge < -0.3 is 9.84 Å². The first kappa shape index (κ1) is 24.6. The zero-order chi connectivity index (χ0) is 26.4. The number of hydrogen-bond donors (Lipinski definition) is 1. The van der Waals surface area contributed by atoms with Crippen LogP contribution in [0.1, 0.15) is 17.3 Å². The molecular formula is C24H14Cl2N4O6S. The molecule has 1 amide bonds. The number of amides is 1. The Kier molecular flexibility index (Phi) is 6.28. The van der Waals surface area contributed by atoms with Gasteiger partial charge in [0.1, 0.15) is 11.8 Å². The van der Waals surface area contributed by atoms with E-state index in [2.05, 4.69) is 9.97 Å². The molecule has 1 aliphatic heterocycles. The summed E-state index contributed by atoms with van der Waals surface area (Å²) in [4.78, 5) is 47.1. The lowest BCUT2D eigenvalue weighted by Gasteiger charge is -2.22. The number of ether oxygens (including phenoxy) is 1. The van der Waals surface area contributed by atoms with Gasteiger partial charge in [-0.1, -0.05) is 40.6 Å². The van der Waals surface area contributed by atoms with Crippen LogP contribution in [-0.4, -0.2) is 38.8 Å². The maximum atomic E-state index is 13.3. The van der Waals surface area contributed by atoms with Crippen molar-refractivity contribution < 1.29 is 24.4 Å². The van der Waals surface area contributed by atoms with Crippen molar-refractivity contribution in [1.29, 1.82) is 0 Å². The molecule has 13 heteroatoms. The van der Waals surface area contributed by atoms with E-state index in [4.69, 9.17) is 27.9 Å². The Morgan fingerprint density at radius 2 is 1.89 bits per heavy atom. The van der Waals surface area contributed by atoms with Crippen LogP contribution in [0.5, 0.6) is 5.75 Å². The number of fused-ring (bicyclic) bond motifs is 1. The molecule has 4 aromatic rings. The monoisotopic (exact) mass is 556 g/mol. The summed E-state index contributed by atoms with van der Waals surface area (Å²) < 4.78 is 5.59. The maximum Gasteiger partial charge on any atom is 0.301 e. The van der Waals surface area contributed by atoms with Gasteiger partial charge in [0.25, 0.3) is 11.5 Å². The normalized spacial score (nSPS) is 16.9. The van der Waals surface area contributed by atoms with Crippen molar-refractivity contribution in [1.82, 2.24) is 9.97 Å². The van der Waals surface area contributed by atoms with Crippen molar-refractivity contribution >= 4 is 73.0 Å². The van der Waals surface area contributed by atoms with E-state index < -0.39 is 28.4 Å². The molecule has 1 aliphatic rings. The third-order valence-corrected chi connectivity index (χ3v) is 7.24. The quantitative estimate of drug-likeness (QED) is 0.111. The lowest BCUT2D eigenvalue weighted by Crippen LogP contribution is -2.29. The molecule has 0 saturated carbocycles. The number of Topliss-reactive ketones (excluding diaryl/α,β-unsaturated/α-hetero) is 1. The first-order valence-corrected chi connectivity index (χ1v) is 12.1. The fourth-order valence-corrected chi connectivity index (χ4v) is 5.68. The number of nitrogens with zero attached hydrogens (tertiary/aromatic N) is 4. The van der Waals surface area contributed by atoms with Gasteiger partial charge in [0.05, 0.1) is 43.6 Å². The third-order valence-electron chi connectivity index (χ3n) is 5.67. The molecule has 1 atom stereocenters. The molecule has 0 spiro atoms. The second-order valence-electron chi connectivity index (χ2n) is 7.80. The second-order valence-corrected chi connectivity index (χ2v) is 9.63. The van der Waals surface area contributed by atoms with Crippen LogP contribution in [0.2, 0.25) is 10.0 Å². The fourth-order valence-electron chi connectivity index (χ4n) is 4.01. The number of anilines is 1.